The van der Waals surface area contributed by atoms with Crippen molar-refractivity contribution in [1.82, 2.24) is 0 Å². The van der Waals surface area contributed by atoms with Crippen LogP contribution in [0.4, 0.5) is 14.5 Å². The lowest BCUT2D eigenvalue weighted by molar-refractivity contribution is 0.577. The Morgan fingerprint density at radius 3 is 2.52 bits per heavy atom. The van der Waals surface area contributed by atoms with Crippen LogP contribution in [0, 0.1) is 11.6 Å². The van der Waals surface area contributed by atoms with E-state index in [9.17, 15) is 8.78 Å². The molecule has 0 saturated carbocycles. The summed E-state index contributed by atoms with van der Waals surface area (Å²) in [5.41, 5.74) is 7.63. The maximum Gasteiger partial charge on any atom is 0.128 e. The van der Waals surface area contributed by atoms with Gasteiger partial charge >= 0.3 is 0 Å². The maximum atomic E-state index is 13.4. The summed E-state index contributed by atoms with van der Waals surface area (Å²) in [5, 5.41) is 3.35. The van der Waals surface area contributed by atoms with Crippen LogP contribution in [-0.2, 0) is 6.42 Å². The lowest BCUT2D eigenvalue weighted by Crippen LogP contribution is -2.39. The predicted molar refractivity (Wildman–Crippen MR) is 93.1 cm³/mol. The number of nitrogens with two attached hydrogens (primary N) is 1. The summed E-state index contributed by atoms with van der Waals surface area (Å²) < 4.78 is 28.1. The SMILES string of the molecule is CN(c1cc(F)cc(F)c1)C(CN)Cc1csc2ccccc12. The number of hydrogen-bond donors (Lipinski definition) is 1. The van der Waals surface area contributed by atoms with E-state index in [1.54, 1.807) is 11.3 Å². The van der Waals surface area contributed by atoms with Crippen LogP contribution in [0.15, 0.2) is 47.8 Å². The molecular weight excluding hydrogens is 314 g/mol. The van der Waals surface area contributed by atoms with Crippen molar-refractivity contribution in [3.05, 3.63) is 65.0 Å². The summed E-state index contributed by atoms with van der Waals surface area (Å²) in [6.45, 7) is 0.402. The zero-order chi connectivity index (χ0) is 16.4. The fraction of sp³-hybridized carbons (Fsp3) is 0.222. The first-order chi connectivity index (χ1) is 11.1. The van der Waals surface area contributed by atoms with Gasteiger partial charge < -0.3 is 10.6 Å². The van der Waals surface area contributed by atoms with Gasteiger partial charge in [-0.3, -0.25) is 0 Å². The van der Waals surface area contributed by atoms with Crippen LogP contribution >= 0.6 is 11.3 Å². The highest BCUT2D eigenvalue weighted by molar-refractivity contribution is 7.17. The molecule has 0 bridgehead atoms. The molecule has 0 saturated heterocycles. The molecule has 2 aromatic carbocycles. The quantitative estimate of drug-likeness (QED) is 0.759. The second kappa shape index (κ2) is 6.64. The van der Waals surface area contributed by atoms with Crippen LogP contribution in [0.25, 0.3) is 10.1 Å². The first-order valence-corrected chi connectivity index (χ1v) is 8.30. The molecule has 1 aromatic heterocycles. The Balaban J connectivity index is 1.87. The Morgan fingerprint density at radius 1 is 1.13 bits per heavy atom. The van der Waals surface area contributed by atoms with Gasteiger partial charge in [0.15, 0.2) is 0 Å². The number of anilines is 1. The number of benzene rings is 2. The molecule has 23 heavy (non-hydrogen) atoms. The number of thiophene rings is 1. The highest BCUT2D eigenvalue weighted by Crippen LogP contribution is 2.28. The Kier molecular flexibility index (Phi) is 4.59. The molecule has 0 spiro atoms. The van der Waals surface area contributed by atoms with Gasteiger partial charge in [-0.05, 0) is 40.9 Å². The smallest absolute Gasteiger partial charge is 0.128 e. The Bertz CT molecular complexity index is 795. The highest BCUT2D eigenvalue weighted by Gasteiger charge is 2.17. The van der Waals surface area contributed by atoms with Crippen molar-refractivity contribution in [3.63, 3.8) is 0 Å². The number of likely N-dealkylation sites (N-methyl/N-ethyl adjacent to an activating group) is 1. The van der Waals surface area contributed by atoms with Crippen molar-refractivity contribution in [2.24, 2.45) is 5.73 Å². The lowest BCUT2D eigenvalue weighted by Gasteiger charge is -2.29. The van der Waals surface area contributed by atoms with Crippen molar-refractivity contribution in [3.8, 4) is 0 Å². The van der Waals surface area contributed by atoms with E-state index in [1.807, 2.05) is 24.1 Å². The van der Waals surface area contributed by atoms with Crippen molar-refractivity contribution in [2.45, 2.75) is 12.5 Å². The Morgan fingerprint density at radius 2 is 1.83 bits per heavy atom. The van der Waals surface area contributed by atoms with Gasteiger partial charge in [-0.15, -0.1) is 11.3 Å². The Hall–Kier alpha value is -1.98. The van der Waals surface area contributed by atoms with Crippen LogP contribution in [0.2, 0.25) is 0 Å². The maximum absolute atomic E-state index is 13.4. The third-order valence-corrected chi connectivity index (χ3v) is 5.10. The van der Waals surface area contributed by atoms with E-state index in [2.05, 4.69) is 17.5 Å². The summed E-state index contributed by atoms with van der Waals surface area (Å²) in [6, 6.07) is 11.7. The zero-order valence-corrected chi connectivity index (χ0v) is 13.6. The van der Waals surface area contributed by atoms with E-state index >= 15 is 0 Å². The van der Waals surface area contributed by atoms with Crippen LogP contribution in [0.5, 0.6) is 0 Å². The first kappa shape index (κ1) is 15.9. The molecule has 1 heterocycles. The van der Waals surface area contributed by atoms with E-state index in [0.717, 1.165) is 12.5 Å². The molecule has 0 aliphatic rings. The van der Waals surface area contributed by atoms with Crippen molar-refractivity contribution in [1.29, 1.82) is 0 Å². The Labute approximate surface area is 138 Å². The van der Waals surface area contributed by atoms with E-state index in [0.29, 0.717) is 12.2 Å². The minimum atomic E-state index is -0.580. The van der Waals surface area contributed by atoms with Crippen LogP contribution < -0.4 is 10.6 Å². The highest BCUT2D eigenvalue weighted by atomic mass is 32.1. The summed E-state index contributed by atoms with van der Waals surface area (Å²) in [7, 11) is 1.82. The number of halogens is 2. The molecule has 0 radical (unpaired) electrons. The van der Waals surface area contributed by atoms with Gasteiger partial charge in [0.2, 0.25) is 0 Å². The molecule has 0 aliphatic carbocycles. The van der Waals surface area contributed by atoms with Gasteiger partial charge in [0.1, 0.15) is 11.6 Å². The van der Waals surface area contributed by atoms with Gasteiger partial charge in [0.25, 0.3) is 0 Å². The van der Waals surface area contributed by atoms with E-state index in [1.165, 1.54) is 27.8 Å². The van der Waals surface area contributed by atoms with Gasteiger partial charge in [-0.25, -0.2) is 8.78 Å². The molecule has 5 heteroatoms. The van der Waals surface area contributed by atoms with E-state index < -0.39 is 11.6 Å². The topological polar surface area (TPSA) is 29.3 Å². The van der Waals surface area contributed by atoms with Gasteiger partial charge in [-0.1, -0.05) is 18.2 Å². The molecular formula is C18H18F2N2S. The lowest BCUT2D eigenvalue weighted by atomic mass is 10.0. The van der Waals surface area contributed by atoms with Gasteiger partial charge in [-0.2, -0.15) is 0 Å². The predicted octanol–water partition coefficient (Wildman–Crippen LogP) is 4.19. The van der Waals surface area contributed by atoms with Crippen LogP contribution in [0.1, 0.15) is 5.56 Å². The molecule has 0 aliphatic heterocycles. The zero-order valence-electron chi connectivity index (χ0n) is 12.8. The first-order valence-electron chi connectivity index (χ1n) is 7.42. The molecule has 1 atom stereocenters. The normalized spacial score (nSPS) is 12.5. The fourth-order valence-corrected chi connectivity index (χ4v) is 3.75. The van der Waals surface area contributed by atoms with E-state index in [-0.39, 0.29) is 6.04 Å². The number of nitrogens with zero attached hydrogens (tertiary/aromatic N) is 1. The van der Waals surface area contributed by atoms with Crippen LogP contribution in [0.3, 0.4) is 0 Å². The largest absolute Gasteiger partial charge is 0.370 e. The average molecular weight is 332 g/mol. The van der Waals surface area contributed by atoms with Crippen molar-refractivity contribution >= 4 is 27.1 Å². The minimum Gasteiger partial charge on any atom is -0.370 e. The summed E-state index contributed by atoms with van der Waals surface area (Å²) in [4.78, 5) is 1.85. The second-order valence-corrected chi connectivity index (χ2v) is 6.50. The van der Waals surface area contributed by atoms with Crippen LogP contribution in [-0.4, -0.2) is 19.6 Å². The molecule has 0 amide bonds. The summed E-state index contributed by atoms with van der Waals surface area (Å²) in [6.07, 6.45) is 0.731. The second-order valence-electron chi connectivity index (χ2n) is 5.59. The molecule has 3 rings (SSSR count). The van der Waals surface area contributed by atoms with Gasteiger partial charge in [0, 0.05) is 36.1 Å². The van der Waals surface area contributed by atoms with Crippen molar-refractivity contribution in [2.75, 3.05) is 18.5 Å². The number of hydrogen-bond acceptors (Lipinski definition) is 3. The molecule has 3 aromatic rings. The fourth-order valence-electron chi connectivity index (χ4n) is 2.78. The molecule has 2 N–H and O–H groups in total. The third kappa shape index (κ3) is 3.35. The number of fused-ring (bicyclic) bond motifs is 1. The van der Waals surface area contributed by atoms with Crippen molar-refractivity contribution < 1.29 is 8.78 Å². The average Bonchev–Trinajstić information content (AvgIpc) is 2.94. The minimum absolute atomic E-state index is 0.0331. The van der Waals surface area contributed by atoms with E-state index in [4.69, 9.17) is 5.73 Å². The standard InChI is InChI=1S/C18H18F2N2S/c1-22(15-8-13(19)7-14(20)9-15)16(10-21)6-12-11-23-18-5-3-2-4-17(12)18/h2-5,7-9,11,16H,6,10,21H2,1H3. The molecule has 1 unspecified atom stereocenters. The monoisotopic (exact) mass is 332 g/mol. The molecule has 0 fully saturated rings. The number of rotatable bonds is 5. The molecule has 120 valence electrons. The third-order valence-electron chi connectivity index (χ3n) is 4.09. The molecule has 2 nitrogen and oxygen atoms in total. The summed E-state index contributed by atoms with van der Waals surface area (Å²) >= 11 is 1.70. The summed E-state index contributed by atoms with van der Waals surface area (Å²) in [5.74, 6) is -1.16. The van der Waals surface area contributed by atoms with Gasteiger partial charge in [0.05, 0.1) is 0 Å².